The predicted molar refractivity (Wildman–Crippen MR) is 34.0 cm³/mol. The first-order valence-corrected chi connectivity index (χ1v) is 3.00. The number of rotatable bonds is 5. The van der Waals surface area contributed by atoms with Crippen LogP contribution in [0, 0.1) is 0 Å². The van der Waals surface area contributed by atoms with Gasteiger partial charge in [0.1, 0.15) is 0 Å². The van der Waals surface area contributed by atoms with Crippen LogP contribution in [0.4, 0.5) is 0 Å². The van der Waals surface area contributed by atoms with E-state index in [1.54, 1.807) is 0 Å². The molecule has 0 radical (unpaired) electrons. The van der Waals surface area contributed by atoms with E-state index < -0.39 is 0 Å². The molecule has 0 saturated heterocycles. The Labute approximate surface area is 54.4 Å². The van der Waals surface area contributed by atoms with Gasteiger partial charge in [0, 0.05) is 6.42 Å². The van der Waals surface area contributed by atoms with Crippen LogP contribution in [0.5, 0.6) is 0 Å². The fourth-order valence-corrected chi connectivity index (χ4v) is 0.523. The second-order valence-electron chi connectivity index (χ2n) is 1.79. The number of carbonyl (C=O) groups excluding carboxylic acids is 2. The number of nitrogens with one attached hydrogen (secondary N) is 1. The fourth-order valence-electron chi connectivity index (χ4n) is 0.523. The average molecular weight is 129 g/mol. The van der Waals surface area contributed by atoms with Crippen LogP contribution < -0.4 is 5.32 Å². The van der Waals surface area contributed by atoms with E-state index in [2.05, 4.69) is 5.32 Å². The average Bonchev–Trinajstić information content (AvgIpc) is 1.85. The van der Waals surface area contributed by atoms with Gasteiger partial charge in [-0.15, -0.1) is 0 Å². The molecule has 0 aromatic rings. The molecule has 0 aliphatic carbocycles. The summed E-state index contributed by atoms with van der Waals surface area (Å²) in [5.74, 6) is 0.0876. The van der Waals surface area contributed by atoms with Gasteiger partial charge in [-0.1, -0.05) is 6.92 Å². The monoisotopic (exact) mass is 129 g/mol. The van der Waals surface area contributed by atoms with Crippen LogP contribution >= 0.6 is 0 Å². The normalized spacial score (nSPS) is 8.56. The lowest BCUT2D eigenvalue weighted by molar-refractivity contribution is -0.120. The van der Waals surface area contributed by atoms with E-state index in [0.29, 0.717) is 12.8 Å². The van der Waals surface area contributed by atoms with Gasteiger partial charge in [-0.3, -0.25) is 9.59 Å². The van der Waals surface area contributed by atoms with Gasteiger partial charge in [0.05, 0.1) is 6.54 Å². The SMILES string of the molecule is CCCC(=O)CNC=O. The summed E-state index contributed by atoms with van der Waals surface area (Å²) in [5.41, 5.74) is 0. The molecule has 3 nitrogen and oxygen atoms in total. The Morgan fingerprint density at radius 1 is 1.67 bits per heavy atom. The summed E-state index contributed by atoms with van der Waals surface area (Å²) in [5, 5.41) is 2.30. The van der Waals surface area contributed by atoms with Crippen LogP contribution in [0.25, 0.3) is 0 Å². The van der Waals surface area contributed by atoms with Crippen molar-refractivity contribution in [2.75, 3.05) is 6.54 Å². The molecule has 1 N–H and O–H groups in total. The standard InChI is InChI=1S/C6H11NO2/c1-2-3-6(9)4-7-5-8/h5H,2-4H2,1H3,(H,7,8). The molecule has 0 saturated carbocycles. The van der Waals surface area contributed by atoms with Crippen LogP contribution in [-0.4, -0.2) is 18.7 Å². The van der Waals surface area contributed by atoms with Gasteiger partial charge in [0.15, 0.2) is 5.78 Å². The molecular formula is C6H11NO2. The topological polar surface area (TPSA) is 46.2 Å². The second-order valence-corrected chi connectivity index (χ2v) is 1.79. The Hall–Kier alpha value is -0.860. The van der Waals surface area contributed by atoms with Crippen molar-refractivity contribution in [2.24, 2.45) is 0 Å². The molecule has 0 aromatic heterocycles. The maximum absolute atomic E-state index is 10.6. The minimum atomic E-state index is 0.0876. The number of Topliss-reactive ketones (excluding diaryl/α,β-unsaturated/α-hetero) is 1. The van der Waals surface area contributed by atoms with E-state index >= 15 is 0 Å². The Balaban J connectivity index is 3.16. The predicted octanol–water partition coefficient (Wildman–Crippen LogP) is 0.102. The number of carbonyl (C=O) groups is 2. The summed E-state index contributed by atoms with van der Waals surface area (Å²) in [6.45, 7) is 2.11. The highest BCUT2D eigenvalue weighted by Gasteiger charge is 1.95. The Morgan fingerprint density at radius 3 is 2.78 bits per heavy atom. The number of amides is 1. The van der Waals surface area contributed by atoms with Gasteiger partial charge in [-0.25, -0.2) is 0 Å². The molecule has 52 valence electrons. The summed E-state index contributed by atoms with van der Waals surface area (Å²) in [7, 11) is 0. The summed E-state index contributed by atoms with van der Waals surface area (Å²) < 4.78 is 0. The molecule has 0 spiro atoms. The minimum absolute atomic E-state index is 0.0876. The molecule has 0 heterocycles. The van der Waals surface area contributed by atoms with E-state index in [4.69, 9.17) is 0 Å². The molecule has 0 aromatic carbocycles. The molecule has 0 aliphatic rings. The van der Waals surface area contributed by atoms with Crippen LogP contribution in [0.2, 0.25) is 0 Å². The number of ketones is 1. The van der Waals surface area contributed by atoms with Crippen LogP contribution in [-0.2, 0) is 9.59 Å². The van der Waals surface area contributed by atoms with Crippen molar-refractivity contribution in [3.63, 3.8) is 0 Å². The third-order valence-electron chi connectivity index (χ3n) is 0.911. The lowest BCUT2D eigenvalue weighted by Gasteiger charge is -1.93. The van der Waals surface area contributed by atoms with Gasteiger partial charge in [-0.2, -0.15) is 0 Å². The number of hydrogen-bond donors (Lipinski definition) is 1. The lowest BCUT2D eigenvalue weighted by atomic mass is 10.2. The second kappa shape index (κ2) is 5.28. The molecule has 0 aliphatic heterocycles. The van der Waals surface area contributed by atoms with Crippen molar-refractivity contribution in [1.82, 2.24) is 5.32 Å². The van der Waals surface area contributed by atoms with Crippen molar-refractivity contribution < 1.29 is 9.59 Å². The van der Waals surface area contributed by atoms with E-state index in [0.717, 1.165) is 6.42 Å². The van der Waals surface area contributed by atoms with Crippen molar-refractivity contribution in [3.8, 4) is 0 Å². The Kier molecular flexibility index (Phi) is 4.78. The zero-order valence-electron chi connectivity index (χ0n) is 5.52. The van der Waals surface area contributed by atoms with Gasteiger partial charge < -0.3 is 5.32 Å². The third kappa shape index (κ3) is 5.00. The molecule has 3 heteroatoms. The van der Waals surface area contributed by atoms with Gasteiger partial charge >= 0.3 is 0 Å². The highest BCUT2D eigenvalue weighted by Crippen LogP contribution is 1.85. The maximum atomic E-state index is 10.6. The van der Waals surface area contributed by atoms with Crippen LogP contribution in [0.1, 0.15) is 19.8 Å². The van der Waals surface area contributed by atoms with Gasteiger partial charge in [0.2, 0.25) is 6.41 Å². The van der Waals surface area contributed by atoms with Crippen molar-refractivity contribution >= 4 is 12.2 Å². The largest absolute Gasteiger partial charge is 0.352 e. The Morgan fingerprint density at radius 2 is 2.33 bits per heavy atom. The van der Waals surface area contributed by atoms with E-state index in [1.807, 2.05) is 6.92 Å². The molecule has 0 rings (SSSR count). The molecule has 0 unspecified atom stereocenters. The molecular weight excluding hydrogens is 118 g/mol. The van der Waals surface area contributed by atoms with Crippen molar-refractivity contribution in [1.29, 1.82) is 0 Å². The lowest BCUT2D eigenvalue weighted by Crippen LogP contribution is -2.20. The van der Waals surface area contributed by atoms with Crippen LogP contribution in [0.3, 0.4) is 0 Å². The third-order valence-corrected chi connectivity index (χ3v) is 0.911. The zero-order valence-corrected chi connectivity index (χ0v) is 5.52. The van der Waals surface area contributed by atoms with E-state index in [9.17, 15) is 9.59 Å². The summed E-state index contributed by atoms with van der Waals surface area (Å²) in [6.07, 6.45) is 1.94. The molecule has 1 amide bonds. The first-order chi connectivity index (χ1) is 4.31. The molecule has 0 fully saturated rings. The zero-order chi connectivity index (χ0) is 7.11. The van der Waals surface area contributed by atoms with Gasteiger partial charge in [0.25, 0.3) is 0 Å². The smallest absolute Gasteiger partial charge is 0.207 e. The highest BCUT2D eigenvalue weighted by molar-refractivity contribution is 5.81. The van der Waals surface area contributed by atoms with Gasteiger partial charge in [-0.05, 0) is 6.42 Å². The molecule has 0 atom stereocenters. The van der Waals surface area contributed by atoms with Crippen molar-refractivity contribution in [2.45, 2.75) is 19.8 Å². The quantitative estimate of drug-likeness (QED) is 0.535. The fraction of sp³-hybridized carbons (Fsp3) is 0.667. The summed E-state index contributed by atoms with van der Waals surface area (Å²) in [4.78, 5) is 20.2. The van der Waals surface area contributed by atoms with E-state index in [-0.39, 0.29) is 12.3 Å². The Bertz CT molecular complexity index is 101. The highest BCUT2D eigenvalue weighted by atomic mass is 16.1. The summed E-state index contributed by atoms with van der Waals surface area (Å²) in [6, 6.07) is 0. The minimum Gasteiger partial charge on any atom is -0.352 e. The van der Waals surface area contributed by atoms with Crippen molar-refractivity contribution in [3.05, 3.63) is 0 Å². The first-order valence-electron chi connectivity index (χ1n) is 3.00. The molecule has 0 bridgehead atoms. The van der Waals surface area contributed by atoms with E-state index in [1.165, 1.54) is 0 Å². The number of hydrogen-bond acceptors (Lipinski definition) is 2. The maximum Gasteiger partial charge on any atom is 0.207 e. The van der Waals surface area contributed by atoms with Crippen LogP contribution in [0.15, 0.2) is 0 Å². The first kappa shape index (κ1) is 8.14. The summed E-state index contributed by atoms with van der Waals surface area (Å²) >= 11 is 0. The molecule has 9 heavy (non-hydrogen) atoms.